The van der Waals surface area contributed by atoms with Crippen molar-refractivity contribution in [1.29, 1.82) is 0 Å². The van der Waals surface area contributed by atoms with Gasteiger partial charge in [-0.15, -0.1) is 0 Å². The van der Waals surface area contributed by atoms with Gasteiger partial charge in [0.1, 0.15) is 23.0 Å². The van der Waals surface area contributed by atoms with E-state index in [1.54, 1.807) is 36.7 Å². The van der Waals surface area contributed by atoms with Crippen molar-refractivity contribution in [1.82, 2.24) is 19.9 Å². The molecule has 4 heterocycles. The third kappa shape index (κ3) is 4.05. The number of morpholine rings is 1. The van der Waals surface area contributed by atoms with E-state index in [1.165, 1.54) is 6.07 Å². The number of halogens is 1. The highest BCUT2D eigenvalue weighted by molar-refractivity contribution is 5.82. The van der Waals surface area contributed by atoms with E-state index in [0.717, 1.165) is 18.5 Å². The van der Waals surface area contributed by atoms with Gasteiger partial charge < -0.3 is 30.4 Å². The van der Waals surface area contributed by atoms with E-state index < -0.39 is 5.82 Å². The summed E-state index contributed by atoms with van der Waals surface area (Å²) in [5, 5.41) is 3.86. The molecule has 1 fully saturated rings. The van der Waals surface area contributed by atoms with Gasteiger partial charge in [0, 0.05) is 43.3 Å². The van der Waals surface area contributed by atoms with E-state index in [2.05, 4.69) is 30.2 Å². The first-order valence-electron chi connectivity index (χ1n) is 9.79. The number of H-pyrrole nitrogens is 1. The Bertz CT molecular complexity index is 1220. The summed E-state index contributed by atoms with van der Waals surface area (Å²) in [4.78, 5) is 17.8. The molecule has 5 rings (SSSR count). The number of nitrogens with one attached hydrogen (secondary N) is 2. The first-order chi connectivity index (χ1) is 15.2. The van der Waals surface area contributed by atoms with E-state index in [-0.39, 0.29) is 11.7 Å². The van der Waals surface area contributed by atoms with Crippen LogP contribution < -0.4 is 20.7 Å². The topological polar surface area (TPSA) is 114 Å². The van der Waals surface area contributed by atoms with Crippen LogP contribution in [0.15, 0.2) is 48.8 Å². The Hall–Kier alpha value is -3.92. The van der Waals surface area contributed by atoms with Crippen LogP contribution in [0.1, 0.15) is 0 Å². The first-order valence-corrected chi connectivity index (χ1v) is 9.79. The number of fused-ring (bicyclic) bond motifs is 1. The molecule has 158 valence electrons. The van der Waals surface area contributed by atoms with Gasteiger partial charge in [-0.1, -0.05) is 0 Å². The van der Waals surface area contributed by atoms with Crippen LogP contribution in [0.5, 0.6) is 11.5 Å². The van der Waals surface area contributed by atoms with E-state index >= 15 is 0 Å². The van der Waals surface area contributed by atoms with Gasteiger partial charge in [-0.05, 0) is 24.3 Å². The van der Waals surface area contributed by atoms with Crippen LogP contribution in [-0.2, 0) is 4.74 Å². The van der Waals surface area contributed by atoms with Gasteiger partial charge in [0.15, 0.2) is 11.6 Å². The number of hydrogen-bond donors (Lipinski definition) is 3. The van der Waals surface area contributed by atoms with E-state index in [0.29, 0.717) is 41.9 Å². The molecule has 4 N–H and O–H groups in total. The highest BCUT2D eigenvalue weighted by Gasteiger charge is 2.15. The number of rotatable bonds is 5. The largest absolute Gasteiger partial charge is 0.453 e. The molecular formula is C21H20FN7O2. The maximum Gasteiger partial charge on any atom is 0.223 e. The third-order valence-corrected chi connectivity index (χ3v) is 4.91. The van der Waals surface area contributed by atoms with Crippen molar-refractivity contribution in [3.8, 4) is 11.5 Å². The van der Waals surface area contributed by atoms with Crippen LogP contribution in [0.3, 0.4) is 0 Å². The molecule has 1 aliphatic rings. The third-order valence-electron chi connectivity index (χ3n) is 4.91. The lowest BCUT2D eigenvalue weighted by Crippen LogP contribution is -2.36. The number of pyridine rings is 1. The normalized spacial score (nSPS) is 14.0. The standard InChI is InChI=1S/C21H20FN7O2/c22-15-11-13(1-2-17(15)31-16-4-6-25-20-14(16)3-5-24-20)26-18-12-19(28-21(23)27-18)29-7-9-30-10-8-29/h1-6,11-12H,7-10H2,(H,24,25)(H3,23,26,27,28). The average Bonchev–Trinajstić information content (AvgIpc) is 3.26. The molecule has 1 aromatic carbocycles. The second-order valence-electron chi connectivity index (χ2n) is 6.99. The summed E-state index contributed by atoms with van der Waals surface area (Å²) in [6.07, 6.45) is 3.36. The lowest BCUT2D eigenvalue weighted by Gasteiger charge is -2.28. The van der Waals surface area contributed by atoms with Crippen molar-refractivity contribution in [2.75, 3.05) is 42.3 Å². The second-order valence-corrected chi connectivity index (χ2v) is 6.99. The SMILES string of the molecule is Nc1nc(Nc2ccc(Oc3ccnc4[nH]ccc34)c(F)c2)cc(N2CCOCC2)n1. The average molecular weight is 421 g/mol. The van der Waals surface area contributed by atoms with E-state index in [1.807, 2.05) is 6.07 Å². The molecule has 0 unspecified atom stereocenters. The Morgan fingerprint density at radius 1 is 1.10 bits per heavy atom. The number of nitrogens with two attached hydrogens (primary N) is 1. The summed E-state index contributed by atoms with van der Waals surface area (Å²) < 4.78 is 25.9. The molecule has 4 aromatic rings. The van der Waals surface area contributed by atoms with Crippen molar-refractivity contribution < 1.29 is 13.9 Å². The summed E-state index contributed by atoms with van der Waals surface area (Å²) in [6, 6.07) is 9.92. The Morgan fingerprint density at radius 3 is 2.81 bits per heavy atom. The molecule has 0 saturated carbocycles. The lowest BCUT2D eigenvalue weighted by molar-refractivity contribution is 0.122. The number of aromatic nitrogens is 4. The molecule has 0 aliphatic carbocycles. The molecule has 1 saturated heterocycles. The van der Waals surface area contributed by atoms with Gasteiger partial charge >= 0.3 is 0 Å². The molecule has 3 aromatic heterocycles. The molecule has 0 atom stereocenters. The fourth-order valence-corrected chi connectivity index (χ4v) is 3.42. The van der Waals surface area contributed by atoms with Crippen molar-refractivity contribution in [2.45, 2.75) is 0 Å². The minimum Gasteiger partial charge on any atom is -0.453 e. The maximum absolute atomic E-state index is 14.7. The zero-order chi connectivity index (χ0) is 21.2. The molecule has 0 bridgehead atoms. The highest BCUT2D eigenvalue weighted by Crippen LogP contribution is 2.31. The van der Waals surface area contributed by atoms with Crippen LogP contribution in [0, 0.1) is 5.82 Å². The Morgan fingerprint density at radius 2 is 1.97 bits per heavy atom. The van der Waals surface area contributed by atoms with Crippen molar-refractivity contribution >= 4 is 34.3 Å². The Balaban J connectivity index is 1.36. The summed E-state index contributed by atoms with van der Waals surface area (Å²) in [6.45, 7) is 2.71. The molecule has 0 amide bonds. The van der Waals surface area contributed by atoms with Gasteiger partial charge in [-0.25, -0.2) is 9.37 Å². The predicted octanol–water partition coefficient (Wildman–Crippen LogP) is 3.45. The molecule has 0 radical (unpaired) electrons. The van der Waals surface area contributed by atoms with Crippen LogP contribution in [0.4, 0.5) is 27.7 Å². The second kappa shape index (κ2) is 8.07. The number of nitrogen functional groups attached to an aromatic ring is 1. The number of anilines is 4. The first kappa shape index (κ1) is 19.1. The van der Waals surface area contributed by atoms with Crippen LogP contribution in [0.2, 0.25) is 0 Å². The van der Waals surface area contributed by atoms with E-state index in [9.17, 15) is 4.39 Å². The minimum atomic E-state index is -0.513. The summed E-state index contributed by atoms with van der Waals surface area (Å²) in [5.41, 5.74) is 7.06. The number of benzene rings is 1. The predicted molar refractivity (Wildman–Crippen MR) is 115 cm³/mol. The number of aromatic amines is 1. The van der Waals surface area contributed by atoms with Gasteiger partial charge in [-0.2, -0.15) is 9.97 Å². The summed E-state index contributed by atoms with van der Waals surface area (Å²) in [7, 11) is 0. The highest BCUT2D eigenvalue weighted by atomic mass is 19.1. The van der Waals surface area contributed by atoms with Gasteiger partial charge in [0.05, 0.1) is 18.6 Å². The molecular weight excluding hydrogens is 401 g/mol. The van der Waals surface area contributed by atoms with Crippen LogP contribution in [0.25, 0.3) is 11.0 Å². The minimum absolute atomic E-state index is 0.107. The molecule has 0 spiro atoms. The maximum atomic E-state index is 14.7. The molecule has 10 heteroatoms. The number of hydrogen-bond acceptors (Lipinski definition) is 8. The lowest BCUT2D eigenvalue weighted by atomic mass is 10.2. The molecule has 31 heavy (non-hydrogen) atoms. The Labute approximate surface area is 177 Å². The zero-order valence-electron chi connectivity index (χ0n) is 16.5. The molecule has 9 nitrogen and oxygen atoms in total. The number of ether oxygens (including phenoxy) is 2. The van der Waals surface area contributed by atoms with Crippen molar-refractivity contribution in [3.63, 3.8) is 0 Å². The van der Waals surface area contributed by atoms with Gasteiger partial charge in [0.2, 0.25) is 5.95 Å². The zero-order valence-corrected chi connectivity index (χ0v) is 16.5. The number of nitrogens with zero attached hydrogens (tertiary/aromatic N) is 4. The molecule has 1 aliphatic heterocycles. The van der Waals surface area contributed by atoms with Crippen LogP contribution >= 0.6 is 0 Å². The summed E-state index contributed by atoms with van der Waals surface area (Å²) >= 11 is 0. The van der Waals surface area contributed by atoms with Crippen molar-refractivity contribution in [3.05, 3.63) is 54.6 Å². The fraction of sp³-hybridized carbons (Fsp3) is 0.190. The quantitative estimate of drug-likeness (QED) is 0.449. The van der Waals surface area contributed by atoms with Crippen LogP contribution in [-0.4, -0.2) is 46.2 Å². The summed E-state index contributed by atoms with van der Waals surface area (Å²) in [5.74, 6) is 1.43. The van der Waals surface area contributed by atoms with E-state index in [4.69, 9.17) is 15.2 Å². The Kier molecular flexibility index (Phi) is 4.97. The van der Waals surface area contributed by atoms with Gasteiger partial charge in [0.25, 0.3) is 0 Å². The fourth-order valence-electron chi connectivity index (χ4n) is 3.42. The van der Waals surface area contributed by atoms with Crippen molar-refractivity contribution in [2.24, 2.45) is 0 Å². The smallest absolute Gasteiger partial charge is 0.223 e. The monoisotopic (exact) mass is 421 g/mol. The van der Waals surface area contributed by atoms with Gasteiger partial charge in [-0.3, -0.25) is 0 Å².